The Hall–Kier alpha value is -1.91. The predicted molar refractivity (Wildman–Crippen MR) is 94.8 cm³/mol. The van der Waals surface area contributed by atoms with Gasteiger partial charge in [0, 0.05) is 43.1 Å². The van der Waals surface area contributed by atoms with E-state index in [0.717, 1.165) is 55.6 Å². The number of hydrogen-bond donors (Lipinski definition) is 0. The van der Waals surface area contributed by atoms with Gasteiger partial charge in [0.25, 0.3) is 0 Å². The lowest BCUT2D eigenvalue weighted by atomic mass is 10.2. The normalized spacial score (nSPS) is 18.4. The van der Waals surface area contributed by atoms with E-state index in [1.807, 2.05) is 6.07 Å². The summed E-state index contributed by atoms with van der Waals surface area (Å²) in [6, 6.07) is 6.96. The summed E-state index contributed by atoms with van der Waals surface area (Å²) in [6.45, 7) is 4.05. The van der Waals surface area contributed by atoms with Gasteiger partial charge in [0.05, 0.1) is 0 Å². The molecule has 25 heavy (non-hydrogen) atoms. The van der Waals surface area contributed by atoms with Crippen LogP contribution in [0.15, 0.2) is 27.1 Å². The van der Waals surface area contributed by atoms with Gasteiger partial charge in [-0.3, -0.25) is 4.90 Å². The Bertz CT molecular complexity index is 819. The van der Waals surface area contributed by atoms with Gasteiger partial charge in [-0.15, -0.1) is 0 Å². The Kier molecular flexibility index (Phi) is 4.48. The first kappa shape index (κ1) is 16.6. The van der Waals surface area contributed by atoms with Crippen LogP contribution in [0.3, 0.4) is 0 Å². The predicted octanol–water partition coefficient (Wildman–Crippen LogP) is 3.65. The lowest BCUT2D eigenvalue weighted by molar-refractivity contribution is 0.245. The van der Waals surface area contributed by atoms with Crippen LogP contribution in [0.1, 0.15) is 35.9 Å². The van der Waals surface area contributed by atoms with E-state index >= 15 is 0 Å². The molecule has 5 nitrogen and oxygen atoms in total. The Morgan fingerprint density at radius 1 is 1.28 bits per heavy atom. The van der Waals surface area contributed by atoms with E-state index in [4.69, 9.17) is 4.42 Å². The first-order valence-electron chi connectivity index (χ1n) is 8.46. The van der Waals surface area contributed by atoms with Crippen LogP contribution in [-0.4, -0.2) is 36.1 Å². The third kappa shape index (κ3) is 3.55. The highest BCUT2D eigenvalue weighted by Gasteiger charge is 2.32. The highest BCUT2D eigenvalue weighted by atomic mass is 79.9. The van der Waals surface area contributed by atoms with Crippen molar-refractivity contribution in [3.63, 3.8) is 0 Å². The van der Waals surface area contributed by atoms with Crippen LogP contribution in [0.2, 0.25) is 0 Å². The lowest BCUT2D eigenvalue weighted by Crippen LogP contribution is -2.46. The number of aromatic nitrogens is 1. The molecule has 0 N–H and O–H groups in total. The third-order valence-corrected chi connectivity index (χ3v) is 5.47. The molecule has 1 aliphatic carbocycles. The quantitative estimate of drug-likeness (QED) is 0.778. The average molecular weight is 405 g/mol. The molecule has 130 valence electrons. The second-order valence-electron chi connectivity index (χ2n) is 6.59. The first-order valence-corrected chi connectivity index (χ1v) is 9.25. The standard InChI is InChI=1S/C18H18BrFN4O/c19-15-9-14(20)4-3-13(15)11-23-5-7-24(8-6-23)18-16(10-21)22-17(25-18)12-1-2-12/h3-4,9,12H,1-2,5-8,11H2. The lowest BCUT2D eigenvalue weighted by Gasteiger charge is -2.34. The summed E-state index contributed by atoms with van der Waals surface area (Å²) in [4.78, 5) is 8.77. The van der Waals surface area contributed by atoms with Gasteiger partial charge in [0.15, 0.2) is 0 Å². The molecule has 0 bridgehead atoms. The molecule has 0 unspecified atom stereocenters. The number of benzene rings is 1. The summed E-state index contributed by atoms with van der Waals surface area (Å²) < 4.78 is 19.9. The number of nitrogens with zero attached hydrogens (tertiary/aromatic N) is 4. The van der Waals surface area contributed by atoms with Crippen LogP contribution in [-0.2, 0) is 6.54 Å². The second kappa shape index (κ2) is 6.77. The van der Waals surface area contributed by atoms with Crippen molar-refractivity contribution in [2.45, 2.75) is 25.3 Å². The molecule has 1 aliphatic heterocycles. The molecule has 2 aromatic rings. The van der Waals surface area contributed by atoms with Gasteiger partial charge in [-0.05, 0) is 30.5 Å². The molecule has 2 fully saturated rings. The van der Waals surface area contributed by atoms with Gasteiger partial charge in [-0.1, -0.05) is 22.0 Å². The Balaban J connectivity index is 1.40. The molecule has 0 radical (unpaired) electrons. The number of halogens is 2. The molecule has 0 atom stereocenters. The van der Waals surface area contributed by atoms with Gasteiger partial charge >= 0.3 is 0 Å². The van der Waals surface area contributed by atoms with Gasteiger partial charge in [0.1, 0.15) is 11.9 Å². The molecule has 1 saturated carbocycles. The zero-order valence-corrected chi connectivity index (χ0v) is 15.3. The van der Waals surface area contributed by atoms with Crippen molar-refractivity contribution in [2.24, 2.45) is 0 Å². The van der Waals surface area contributed by atoms with Crippen LogP contribution >= 0.6 is 15.9 Å². The summed E-state index contributed by atoms with van der Waals surface area (Å²) in [6.07, 6.45) is 2.20. The van der Waals surface area contributed by atoms with Gasteiger partial charge < -0.3 is 9.32 Å². The van der Waals surface area contributed by atoms with Gasteiger partial charge in [-0.25, -0.2) is 9.37 Å². The minimum Gasteiger partial charge on any atom is -0.423 e. The number of rotatable bonds is 4. The Morgan fingerprint density at radius 2 is 2.04 bits per heavy atom. The SMILES string of the molecule is N#Cc1nc(C2CC2)oc1N1CCN(Cc2ccc(F)cc2Br)CC1. The van der Waals surface area contributed by atoms with Crippen molar-refractivity contribution >= 4 is 21.8 Å². The van der Waals surface area contributed by atoms with Crippen molar-refractivity contribution in [1.82, 2.24) is 9.88 Å². The molecule has 2 heterocycles. The molecule has 1 saturated heterocycles. The van der Waals surface area contributed by atoms with Crippen molar-refractivity contribution in [3.05, 3.63) is 45.6 Å². The Labute approximate surface area is 154 Å². The van der Waals surface area contributed by atoms with E-state index in [2.05, 4.69) is 36.8 Å². The van der Waals surface area contributed by atoms with Crippen molar-refractivity contribution in [3.8, 4) is 6.07 Å². The van der Waals surface area contributed by atoms with Crippen LogP contribution in [0.25, 0.3) is 0 Å². The molecule has 2 aliphatic rings. The smallest absolute Gasteiger partial charge is 0.234 e. The number of hydrogen-bond acceptors (Lipinski definition) is 5. The van der Waals surface area contributed by atoms with Crippen LogP contribution in [0, 0.1) is 17.1 Å². The summed E-state index contributed by atoms with van der Waals surface area (Å²) in [5, 5.41) is 9.32. The third-order valence-electron chi connectivity index (χ3n) is 4.73. The van der Waals surface area contributed by atoms with Gasteiger partial charge in [-0.2, -0.15) is 5.26 Å². The fourth-order valence-corrected chi connectivity index (χ4v) is 3.60. The molecular weight excluding hydrogens is 387 g/mol. The van der Waals surface area contributed by atoms with Crippen LogP contribution < -0.4 is 4.90 Å². The van der Waals surface area contributed by atoms with E-state index in [0.29, 0.717) is 23.4 Å². The molecule has 1 aromatic carbocycles. The van der Waals surface area contributed by atoms with Crippen molar-refractivity contribution in [1.29, 1.82) is 5.26 Å². The maximum Gasteiger partial charge on any atom is 0.234 e. The minimum absolute atomic E-state index is 0.235. The van der Waals surface area contributed by atoms with E-state index in [-0.39, 0.29) is 5.82 Å². The van der Waals surface area contributed by atoms with E-state index in [1.54, 1.807) is 0 Å². The zero-order valence-electron chi connectivity index (χ0n) is 13.7. The topological polar surface area (TPSA) is 56.3 Å². The first-order chi connectivity index (χ1) is 12.1. The molecule has 4 rings (SSSR count). The summed E-state index contributed by atoms with van der Waals surface area (Å²) in [7, 11) is 0. The van der Waals surface area contributed by atoms with E-state index < -0.39 is 0 Å². The van der Waals surface area contributed by atoms with Crippen LogP contribution in [0.4, 0.5) is 10.3 Å². The summed E-state index contributed by atoms with van der Waals surface area (Å²) in [5.41, 5.74) is 1.47. The molecule has 0 spiro atoms. The van der Waals surface area contributed by atoms with Crippen molar-refractivity contribution < 1.29 is 8.81 Å². The van der Waals surface area contributed by atoms with Gasteiger partial charge in [0.2, 0.25) is 17.5 Å². The number of piperazine rings is 1. The maximum absolute atomic E-state index is 13.2. The molecule has 7 heteroatoms. The zero-order chi connectivity index (χ0) is 17.4. The fraction of sp³-hybridized carbons (Fsp3) is 0.444. The average Bonchev–Trinajstić information content (AvgIpc) is 3.37. The maximum atomic E-state index is 13.2. The fourth-order valence-electron chi connectivity index (χ4n) is 3.12. The van der Waals surface area contributed by atoms with Crippen molar-refractivity contribution in [2.75, 3.05) is 31.1 Å². The number of anilines is 1. The summed E-state index contributed by atoms with van der Waals surface area (Å²) in [5.74, 6) is 1.50. The second-order valence-corrected chi connectivity index (χ2v) is 7.45. The molecule has 1 aromatic heterocycles. The van der Waals surface area contributed by atoms with Crippen LogP contribution in [0.5, 0.6) is 0 Å². The highest BCUT2D eigenvalue weighted by Crippen LogP contribution is 2.41. The largest absolute Gasteiger partial charge is 0.423 e. The summed E-state index contributed by atoms with van der Waals surface area (Å²) >= 11 is 3.43. The highest BCUT2D eigenvalue weighted by molar-refractivity contribution is 9.10. The number of nitriles is 1. The minimum atomic E-state index is -0.235. The van der Waals surface area contributed by atoms with E-state index in [1.165, 1.54) is 12.1 Å². The molecule has 0 amide bonds. The Morgan fingerprint density at radius 3 is 2.68 bits per heavy atom. The number of oxazole rings is 1. The monoisotopic (exact) mass is 404 g/mol. The molecular formula is C18H18BrFN4O. The van der Waals surface area contributed by atoms with E-state index in [9.17, 15) is 9.65 Å².